The normalized spacial score (nSPS) is 14.1. The zero-order valence-electron chi connectivity index (χ0n) is 26.2. The molecular weight excluding hydrogens is 572 g/mol. The summed E-state index contributed by atoms with van der Waals surface area (Å²) in [6.07, 6.45) is 9.39. The van der Waals surface area contributed by atoms with Crippen molar-refractivity contribution in [2.24, 2.45) is 0 Å². The van der Waals surface area contributed by atoms with Gasteiger partial charge < -0.3 is 29.2 Å². The first-order chi connectivity index (χ1) is 21.9. The van der Waals surface area contributed by atoms with E-state index in [0.29, 0.717) is 76.2 Å². The Labute approximate surface area is 265 Å². The van der Waals surface area contributed by atoms with E-state index in [0.717, 1.165) is 31.4 Å². The molecule has 0 saturated carbocycles. The molecule has 1 heterocycles. The number of carbonyl (C=O) groups is 3. The van der Waals surface area contributed by atoms with Gasteiger partial charge in [-0.25, -0.2) is 0 Å². The topological polar surface area (TPSA) is 103 Å². The SMILES string of the molecule is C=C(NCCC(=O)N1Cc2ccccc2CCC2=C1C=CCC2)OCCOCCOCCCC(=O)Oc1ccc(C(C)=O)cc1. The molecule has 0 aromatic heterocycles. The molecule has 0 unspecified atom stereocenters. The fourth-order valence-electron chi connectivity index (χ4n) is 5.25. The van der Waals surface area contributed by atoms with E-state index in [1.165, 1.54) is 23.6 Å². The van der Waals surface area contributed by atoms with Gasteiger partial charge in [0.1, 0.15) is 12.4 Å². The summed E-state index contributed by atoms with van der Waals surface area (Å²) < 4.78 is 21.9. The predicted octanol–water partition coefficient (Wildman–Crippen LogP) is 5.65. The Hall–Kier alpha value is -4.21. The first-order valence-electron chi connectivity index (χ1n) is 15.7. The molecule has 0 fully saturated rings. The van der Waals surface area contributed by atoms with Crippen molar-refractivity contribution in [1.82, 2.24) is 10.2 Å². The largest absolute Gasteiger partial charge is 0.477 e. The second kappa shape index (κ2) is 17.9. The monoisotopic (exact) mass is 616 g/mol. The number of benzene rings is 2. The van der Waals surface area contributed by atoms with Crippen LogP contribution in [0.3, 0.4) is 0 Å². The highest BCUT2D eigenvalue weighted by atomic mass is 16.5. The van der Waals surface area contributed by atoms with Crippen molar-refractivity contribution in [3.63, 3.8) is 0 Å². The molecule has 240 valence electrons. The van der Waals surface area contributed by atoms with Crippen LogP contribution in [0.2, 0.25) is 0 Å². The lowest BCUT2D eigenvalue weighted by atomic mass is 9.91. The number of rotatable bonds is 17. The Morgan fingerprint density at radius 2 is 1.60 bits per heavy atom. The first kappa shape index (κ1) is 33.7. The molecule has 1 aliphatic carbocycles. The number of ketones is 1. The zero-order valence-corrected chi connectivity index (χ0v) is 26.2. The summed E-state index contributed by atoms with van der Waals surface area (Å²) in [6.45, 7) is 8.30. The lowest BCUT2D eigenvalue weighted by Crippen LogP contribution is -2.34. The van der Waals surface area contributed by atoms with Crippen molar-refractivity contribution in [1.29, 1.82) is 0 Å². The third-order valence-corrected chi connectivity index (χ3v) is 7.68. The maximum absolute atomic E-state index is 13.4. The number of hydrogen-bond acceptors (Lipinski definition) is 8. The van der Waals surface area contributed by atoms with Crippen LogP contribution in [0, 0.1) is 0 Å². The van der Waals surface area contributed by atoms with Crippen LogP contribution in [0.1, 0.15) is 66.9 Å². The summed E-state index contributed by atoms with van der Waals surface area (Å²) in [7, 11) is 0. The Bertz CT molecular complexity index is 1380. The van der Waals surface area contributed by atoms with Gasteiger partial charge in [-0.2, -0.15) is 0 Å². The summed E-state index contributed by atoms with van der Waals surface area (Å²) in [5, 5.41) is 3.10. The maximum Gasteiger partial charge on any atom is 0.311 e. The number of esters is 1. The number of Topliss-reactive ketones (excluding diaryl/α,β-unsaturated/α-hetero) is 1. The van der Waals surface area contributed by atoms with Gasteiger partial charge in [-0.05, 0) is 92.6 Å². The van der Waals surface area contributed by atoms with Crippen LogP contribution in [0.25, 0.3) is 0 Å². The summed E-state index contributed by atoms with van der Waals surface area (Å²) in [5.74, 6) is 0.502. The second-order valence-corrected chi connectivity index (χ2v) is 11.0. The molecule has 1 aliphatic heterocycles. The first-order valence-corrected chi connectivity index (χ1v) is 15.7. The van der Waals surface area contributed by atoms with Gasteiger partial charge in [-0.15, -0.1) is 0 Å². The van der Waals surface area contributed by atoms with Gasteiger partial charge in [0, 0.05) is 37.3 Å². The minimum Gasteiger partial charge on any atom is -0.477 e. The summed E-state index contributed by atoms with van der Waals surface area (Å²) >= 11 is 0. The van der Waals surface area contributed by atoms with E-state index in [2.05, 4.69) is 42.2 Å². The molecule has 9 heteroatoms. The molecule has 9 nitrogen and oxygen atoms in total. The van der Waals surface area contributed by atoms with E-state index in [9.17, 15) is 14.4 Å². The Morgan fingerprint density at radius 3 is 2.38 bits per heavy atom. The molecule has 0 bridgehead atoms. The molecule has 0 saturated heterocycles. The molecule has 0 radical (unpaired) electrons. The van der Waals surface area contributed by atoms with Gasteiger partial charge in [-0.3, -0.25) is 14.4 Å². The molecule has 1 amide bonds. The number of ether oxygens (including phenoxy) is 4. The minimum atomic E-state index is -0.350. The summed E-state index contributed by atoms with van der Waals surface area (Å²) in [6, 6.07) is 14.9. The molecule has 0 spiro atoms. The average molecular weight is 617 g/mol. The smallest absolute Gasteiger partial charge is 0.311 e. The fraction of sp³-hybridized carbons (Fsp3) is 0.417. The van der Waals surface area contributed by atoms with Crippen LogP contribution >= 0.6 is 0 Å². The minimum absolute atomic E-state index is 0.0385. The highest BCUT2D eigenvalue weighted by Gasteiger charge is 2.24. The van der Waals surface area contributed by atoms with Gasteiger partial charge in [0.2, 0.25) is 5.91 Å². The number of allylic oxidation sites excluding steroid dienone is 3. The van der Waals surface area contributed by atoms with Crippen LogP contribution in [-0.4, -0.2) is 62.1 Å². The van der Waals surface area contributed by atoms with E-state index in [1.54, 1.807) is 24.3 Å². The maximum atomic E-state index is 13.4. The molecule has 2 aromatic rings. The number of carbonyl (C=O) groups excluding carboxylic acids is 3. The molecule has 2 aromatic carbocycles. The summed E-state index contributed by atoms with van der Waals surface area (Å²) in [4.78, 5) is 38.6. The fourth-order valence-corrected chi connectivity index (χ4v) is 5.25. The van der Waals surface area contributed by atoms with E-state index >= 15 is 0 Å². The summed E-state index contributed by atoms with van der Waals surface area (Å²) in [5.41, 5.74) is 5.52. The van der Waals surface area contributed by atoms with Crippen LogP contribution in [0.5, 0.6) is 5.75 Å². The number of hydrogen-bond donors (Lipinski definition) is 1. The van der Waals surface area contributed by atoms with Gasteiger partial charge in [-0.1, -0.05) is 30.3 Å². The zero-order chi connectivity index (χ0) is 31.9. The standard InChI is InChI=1S/C36H44N2O7/c1-27(39)29-15-17-33(18-16-29)45-36(41)12-7-21-42-22-23-43-24-25-44-28(2)37-20-19-35(40)38-26-32-10-4-3-8-30(32)13-14-31-9-5-6-11-34(31)38/h3-4,6,8,10-11,15-18,37H,2,5,7,9,12-14,19-26H2,1H3. The van der Waals surface area contributed by atoms with Gasteiger partial charge >= 0.3 is 5.97 Å². The van der Waals surface area contributed by atoms with Crippen LogP contribution in [0.4, 0.5) is 0 Å². The number of nitrogens with one attached hydrogen (secondary N) is 1. The molecule has 45 heavy (non-hydrogen) atoms. The number of fused-ring (bicyclic) bond motifs is 1. The number of amides is 1. The Morgan fingerprint density at radius 1 is 0.867 bits per heavy atom. The molecule has 0 atom stereocenters. The number of aryl methyl sites for hydroxylation is 1. The predicted molar refractivity (Wildman–Crippen MR) is 171 cm³/mol. The van der Waals surface area contributed by atoms with E-state index in [-0.39, 0.29) is 24.1 Å². The van der Waals surface area contributed by atoms with Gasteiger partial charge in [0.05, 0.1) is 26.4 Å². The van der Waals surface area contributed by atoms with Crippen molar-refractivity contribution in [3.05, 3.63) is 101 Å². The third-order valence-electron chi connectivity index (χ3n) is 7.68. The molecule has 4 rings (SSSR count). The van der Waals surface area contributed by atoms with E-state index in [4.69, 9.17) is 18.9 Å². The number of nitrogens with zero attached hydrogens (tertiary/aromatic N) is 1. The highest BCUT2D eigenvalue weighted by Crippen LogP contribution is 2.31. The van der Waals surface area contributed by atoms with Crippen molar-refractivity contribution < 1.29 is 33.3 Å². The highest BCUT2D eigenvalue weighted by molar-refractivity contribution is 5.94. The van der Waals surface area contributed by atoms with Crippen molar-refractivity contribution >= 4 is 17.7 Å². The molecule has 2 aliphatic rings. The van der Waals surface area contributed by atoms with Crippen LogP contribution in [-0.2, 0) is 36.8 Å². The van der Waals surface area contributed by atoms with Crippen molar-refractivity contribution in [3.8, 4) is 5.75 Å². The van der Waals surface area contributed by atoms with Crippen LogP contribution in [0.15, 0.2) is 84.4 Å². The quantitative estimate of drug-likeness (QED) is 0.0800. The average Bonchev–Trinajstić information content (AvgIpc) is 3.03. The second-order valence-electron chi connectivity index (χ2n) is 11.0. The lowest BCUT2D eigenvalue weighted by Gasteiger charge is -2.31. The third kappa shape index (κ3) is 11.0. The molecule has 1 N–H and O–H groups in total. The molecular formula is C36H44N2O7. The Kier molecular flexibility index (Phi) is 13.4. The Balaban J connectivity index is 1.03. The van der Waals surface area contributed by atoms with E-state index < -0.39 is 0 Å². The van der Waals surface area contributed by atoms with Crippen LogP contribution < -0.4 is 10.1 Å². The lowest BCUT2D eigenvalue weighted by molar-refractivity contribution is -0.134. The van der Waals surface area contributed by atoms with E-state index in [1.807, 2.05) is 11.0 Å². The van der Waals surface area contributed by atoms with Crippen molar-refractivity contribution in [2.75, 3.05) is 39.6 Å². The van der Waals surface area contributed by atoms with Gasteiger partial charge in [0.15, 0.2) is 11.7 Å². The van der Waals surface area contributed by atoms with Gasteiger partial charge in [0.25, 0.3) is 0 Å². The van der Waals surface area contributed by atoms with Crippen molar-refractivity contribution in [2.45, 2.75) is 58.4 Å².